The van der Waals surface area contributed by atoms with Crippen LogP contribution in [0.3, 0.4) is 0 Å². The van der Waals surface area contributed by atoms with Gasteiger partial charge in [-0.1, -0.05) is 0 Å². The number of hydrogen-bond acceptors (Lipinski definition) is 4. The van der Waals surface area contributed by atoms with E-state index in [1.807, 2.05) is 0 Å². The second-order valence-electron chi connectivity index (χ2n) is 3.75. The van der Waals surface area contributed by atoms with Crippen molar-refractivity contribution in [2.45, 2.75) is 17.4 Å². The lowest BCUT2D eigenvalue weighted by Gasteiger charge is -2.15. The van der Waals surface area contributed by atoms with Crippen molar-refractivity contribution in [3.8, 4) is 0 Å². The van der Waals surface area contributed by atoms with Crippen molar-refractivity contribution < 1.29 is 8.42 Å². The molecule has 1 aromatic heterocycles. The number of rotatable bonds is 2. The summed E-state index contributed by atoms with van der Waals surface area (Å²) < 4.78 is 26.3. The van der Waals surface area contributed by atoms with Crippen LogP contribution in [0.4, 0.5) is 0 Å². The molecule has 16 heavy (non-hydrogen) atoms. The number of hydrogen-bond donors (Lipinski definition) is 1. The van der Waals surface area contributed by atoms with Crippen molar-refractivity contribution in [2.75, 3.05) is 13.1 Å². The van der Waals surface area contributed by atoms with Crippen LogP contribution in [0.25, 0.3) is 0 Å². The van der Waals surface area contributed by atoms with Crippen molar-refractivity contribution >= 4 is 26.0 Å². The van der Waals surface area contributed by atoms with Gasteiger partial charge < -0.3 is 5.73 Å². The van der Waals surface area contributed by atoms with Gasteiger partial charge in [0.1, 0.15) is 4.90 Å². The second-order valence-corrected chi connectivity index (χ2v) is 6.60. The molecule has 0 saturated carbocycles. The van der Waals surface area contributed by atoms with Crippen molar-refractivity contribution in [1.82, 2.24) is 9.29 Å². The largest absolute Gasteiger partial charge is 0.326 e. The molecule has 2 heterocycles. The third-order valence-electron chi connectivity index (χ3n) is 2.51. The summed E-state index contributed by atoms with van der Waals surface area (Å²) in [5, 5.41) is 0. The van der Waals surface area contributed by atoms with Crippen LogP contribution in [0.2, 0.25) is 0 Å². The number of sulfonamides is 1. The minimum Gasteiger partial charge on any atom is -0.326 e. The lowest BCUT2D eigenvalue weighted by molar-refractivity contribution is 0.472. The topological polar surface area (TPSA) is 76.3 Å². The molecule has 0 amide bonds. The summed E-state index contributed by atoms with van der Waals surface area (Å²) in [4.78, 5) is 4.06. The van der Waals surface area contributed by atoms with E-state index < -0.39 is 10.0 Å². The Balaban J connectivity index is 2.32. The molecule has 7 heteroatoms. The van der Waals surface area contributed by atoms with Crippen molar-refractivity contribution in [2.24, 2.45) is 5.73 Å². The summed E-state index contributed by atoms with van der Waals surface area (Å²) >= 11 is 3.20. The highest BCUT2D eigenvalue weighted by Gasteiger charge is 2.31. The molecule has 1 fully saturated rings. The maximum absolute atomic E-state index is 12.1. The summed E-state index contributed by atoms with van der Waals surface area (Å²) in [5.74, 6) is 0. The molecule has 1 aliphatic rings. The Morgan fingerprint density at radius 3 is 2.81 bits per heavy atom. The molecule has 1 aromatic rings. The van der Waals surface area contributed by atoms with Gasteiger partial charge >= 0.3 is 0 Å². The number of nitrogens with two attached hydrogens (primary N) is 1. The zero-order chi connectivity index (χ0) is 11.8. The first-order valence-electron chi connectivity index (χ1n) is 4.86. The van der Waals surface area contributed by atoms with Crippen LogP contribution >= 0.6 is 15.9 Å². The molecule has 0 spiro atoms. The summed E-state index contributed by atoms with van der Waals surface area (Å²) in [6.45, 7) is 0.866. The highest BCUT2D eigenvalue weighted by Crippen LogP contribution is 2.21. The summed E-state index contributed by atoms with van der Waals surface area (Å²) in [5.41, 5.74) is 5.70. The molecule has 1 atom stereocenters. The summed E-state index contributed by atoms with van der Waals surface area (Å²) in [6, 6.07) is 1.49. The molecule has 2 rings (SSSR count). The van der Waals surface area contributed by atoms with Gasteiger partial charge in [0.15, 0.2) is 0 Å². The zero-order valence-corrected chi connectivity index (χ0v) is 10.9. The minimum atomic E-state index is -3.43. The van der Waals surface area contributed by atoms with Gasteiger partial charge in [-0.15, -0.1) is 0 Å². The Kier molecular flexibility index (Phi) is 3.29. The fraction of sp³-hybridized carbons (Fsp3) is 0.444. The Morgan fingerprint density at radius 1 is 1.50 bits per heavy atom. The van der Waals surface area contributed by atoms with E-state index in [-0.39, 0.29) is 10.9 Å². The number of pyridine rings is 1. The molecule has 0 unspecified atom stereocenters. The van der Waals surface area contributed by atoms with Crippen LogP contribution < -0.4 is 5.73 Å². The third kappa shape index (κ3) is 2.27. The van der Waals surface area contributed by atoms with Gasteiger partial charge in [-0.25, -0.2) is 8.42 Å². The molecule has 0 bridgehead atoms. The lowest BCUT2D eigenvalue weighted by atomic mass is 10.3. The van der Waals surface area contributed by atoms with Crippen molar-refractivity contribution in [1.29, 1.82) is 0 Å². The molecule has 1 saturated heterocycles. The van der Waals surface area contributed by atoms with Crippen molar-refractivity contribution in [3.05, 3.63) is 22.9 Å². The van der Waals surface area contributed by atoms with Crippen LogP contribution in [0.5, 0.6) is 0 Å². The smallest absolute Gasteiger partial charge is 0.244 e. The SMILES string of the molecule is N[C@@H]1CCN(S(=O)(=O)c2cncc(Br)c2)C1. The van der Waals surface area contributed by atoms with Gasteiger partial charge in [-0.2, -0.15) is 4.31 Å². The van der Waals surface area contributed by atoms with E-state index in [0.29, 0.717) is 24.0 Å². The zero-order valence-electron chi connectivity index (χ0n) is 8.51. The maximum atomic E-state index is 12.1. The highest BCUT2D eigenvalue weighted by atomic mass is 79.9. The predicted molar refractivity (Wildman–Crippen MR) is 63.3 cm³/mol. The van der Waals surface area contributed by atoms with Crippen LogP contribution in [-0.4, -0.2) is 36.8 Å². The summed E-state index contributed by atoms with van der Waals surface area (Å²) in [7, 11) is -3.43. The number of nitrogens with zero attached hydrogens (tertiary/aromatic N) is 2. The van der Waals surface area contributed by atoms with E-state index in [9.17, 15) is 8.42 Å². The molecule has 1 aliphatic heterocycles. The minimum absolute atomic E-state index is 0.0603. The average Bonchev–Trinajstić information content (AvgIpc) is 2.65. The van der Waals surface area contributed by atoms with Gasteiger partial charge in [-0.3, -0.25) is 4.98 Å². The van der Waals surface area contributed by atoms with Crippen LogP contribution in [0.1, 0.15) is 6.42 Å². The number of aromatic nitrogens is 1. The maximum Gasteiger partial charge on any atom is 0.244 e. The predicted octanol–water partition coefficient (Wildman–Crippen LogP) is 0.566. The Labute approximate surface area is 103 Å². The Bertz CT molecular complexity index is 491. The first-order valence-corrected chi connectivity index (χ1v) is 7.10. The highest BCUT2D eigenvalue weighted by molar-refractivity contribution is 9.10. The van der Waals surface area contributed by atoms with E-state index >= 15 is 0 Å². The van der Waals surface area contributed by atoms with Gasteiger partial charge in [0.2, 0.25) is 10.0 Å². The molecular formula is C9H12BrN3O2S. The third-order valence-corrected chi connectivity index (χ3v) is 4.77. The normalized spacial score (nSPS) is 22.5. The first kappa shape index (κ1) is 12.0. The fourth-order valence-electron chi connectivity index (χ4n) is 1.65. The van der Waals surface area contributed by atoms with E-state index in [1.165, 1.54) is 10.5 Å². The molecule has 0 aliphatic carbocycles. The second kappa shape index (κ2) is 4.40. The monoisotopic (exact) mass is 305 g/mol. The van der Waals surface area contributed by atoms with Gasteiger partial charge in [0.05, 0.1) is 0 Å². The van der Waals surface area contributed by atoms with Crippen molar-refractivity contribution in [3.63, 3.8) is 0 Å². The van der Waals surface area contributed by atoms with E-state index in [1.54, 1.807) is 12.3 Å². The Hall–Kier alpha value is -0.500. The molecular weight excluding hydrogens is 294 g/mol. The van der Waals surface area contributed by atoms with E-state index in [2.05, 4.69) is 20.9 Å². The van der Waals surface area contributed by atoms with Crippen LogP contribution in [-0.2, 0) is 10.0 Å². The van der Waals surface area contributed by atoms with E-state index in [4.69, 9.17) is 5.73 Å². The van der Waals surface area contributed by atoms with Gasteiger partial charge in [0.25, 0.3) is 0 Å². The fourth-order valence-corrected chi connectivity index (χ4v) is 3.67. The van der Waals surface area contributed by atoms with Crippen LogP contribution in [0.15, 0.2) is 27.8 Å². The molecule has 2 N–H and O–H groups in total. The standard InChI is InChI=1S/C9H12BrN3O2S/c10-7-3-9(5-12-4-7)16(14,15)13-2-1-8(11)6-13/h3-5,8H,1-2,6,11H2/t8-/m1/s1. The molecule has 0 aromatic carbocycles. The quantitative estimate of drug-likeness (QED) is 0.866. The number of halogens is 1. The average molecular weight is 306 g/mol. The van der Waals surface area contributed by atoms with Gasteiger partial charge in [-0.05, 0) is 28.4 Å². The van der Waals surface area contributed by atoms with Crippen LogP contribution in [0, 0.1) is 0 Å². The van der Waals surface area contributed by atoms with Gasteiger partial charge in [0, 0.05) is 36.0 Å². The summed E-state index contributed by atoms with van der Waals surface area (Å²) in [6.07, 6.45) is 3.61. The van der Waals surface area contributed by atoms with E-state index in [0.717, 1.165) is 0 Å². The molecule has 5 nitrogen and oxygen atoms in total. The Morgan fingerprint density at radius 2 is 2.25 bits per heavy atom. The molecule has 0 radical (unpaired) electrons. The molecule has 88 valence electrons. The first-order chi connectivity index (χ1) is 7.50. The lowest BCUT2D eigenvalue weighted by Crippen LogP contribution is -2.32.